The number of aliphatic carboxylic acids is 1. The van der Waals surface area contributed by atoms with Gasteiger partial charge in [0.2, 0.25) is 0 Å². The minimum absolute atomic E-state index is 0.164. The average molecular weight is 601 g/mol. The topological polar surface area (TPSA) is 124 Å². The third-order valence-electron chi connectivity index (χ3n) is 6.26. The van der Waals surface area contributed by atoms with Gasteiger partial charge in [-0.3, -0.25) is 9.89 Å². The number of aromatic carboxylic acids is 1. The van der Waals surface area contributed by atoms with E-state index in [1.54, 1.807) is 24.3 Å². The molecule has 0 aromatic heterocycles. The number of halogens is 4. The van der Waals surface area contributed by atoms with E-state index in [1.807, 2.05) is 24.3 Å². The maximum Gasteiger partial charge on any atom is 0.490 e. The largest absolute Gasteiger partial charge is 0.492 e. The number of carbonyl (C=O) groups is 2. The standard InChI is InChI=1S/C25H31ClN4O4.C2HF3O2/c26-20-5-9-22(10-6-20)34-17-15-29-11-13-30(14-12-29)25(27-18-23-2-1-16-33-23)28-21-7-3-19(4-8-21)24(31)32;3-2(4,5)1(6)7/h3-10,23H,1-2,11-18H2,(H,27,28)(H,31,32);(H,6,7). The number of hydrogen-bond acceptors (Lipinski definition) is 6. The van der Waals surface area contributed by atoms with E-state index in [1.165, 1.54) is 0 Å². The third-order valence-corrected chi connectivity index (χ3v) is 6.51. The van der Waals surface area contributed by atoms with Crippen LogP contribution in [0, 0.1) is 0 Å². The molecule has 4 rings (SSSR count). The molecule has 2 fully saturated rings. The van der Waals surface area contributed by atoms with Gasteiger partial charge in [-0.15, -0.1) is 0 Å². The Bertz CT molecular complexity index is 1150. The Kier molecular flexibility index (Phi) is 12.0. The van der Waals surface area contributed by atoms with Gasteiger partial charge in [0.1, 0.15) is 12.4 Å². The molecule has 224 valence electrons. The minimum Gasteiger partial charge on any atom is -0.492 e. The van der Waals surface area contributed by atoms with Gasteiger partial charge >= 0.3 is 18.1 Å². The second kappa shape index (κ2) is 15.5. The summed E-state index contributed by atoms with van der Waals surface area (Å²) < 4.78 is 43.3. The molecule has 0 aliphatic carbocycles. The van der Waals surface area contributed by atoms with Gasteiger partial charge in [-0.1, -0.05) is 11.6 Å². The first-order chi connectivity index (χ1) is 19.5. The van der Waals surface area contributed by atoms with Gasteiger partial charge in [0.05, 0.1) is 18.2 Å². The SMILES string of the molecule is O=C(O)C(F)(F)F.O=C(O)c1ccc(NC(=NCC2CCCO2)N2CCN(CCOc3ccc(Cl)cc3)CC2)cc1. The number of benzene rings is 2. The van der Waals surface area contributed by atoms with Crippen LogP contribution in [0.3, 0.4) is 0 Å². The number of aliphatic imine (C=N–C) groups is 1. The molecule has 2 aromatic carbocycles. The average Bonchev–Trinajstić information content (AvgIpc) is 3.46. The Hall–Kier alpha value is -3.55. The van der Waals surface area contributed by atoms with Crippen molar-refractivity contribution >= 4 is 35.2 Å². The monoisotopic (exact) mass is 600 g/mol. The van der Waals surface area contributed by atoms with Gasteiger partial charge in [0.25, 0.3) is 0 Å². The normalized spacial score (nSPS) is 17.9. The predicted octanol–water partition coefficient (Wildman–Crippen LogP) is 4.32. The van der Waals surface area contributed by atoms with Crippen LogP contribution in [0.2, 0.25) is 5.02 Å². The molecule has 0 bridgehead atoms. The molecule has 41 heavy (non-hydrogen) atoms. The molecule has 2 heterocycles. The van der Waals surface area contributed by atoms with Crippen molar-refractivity contribution in [3.8, 4) is 5.75 Å². The summed E-state index contributed by atoms with van der Waals surface area (Å²) in [6, 6.07) is 14.2. The molecular formula is C27H32ClF3N4O6. The highest BCUT2D eigenvalue weighted by atomic mass is 35.5. The number of carboxylic acids is 2. The summed E-state index contributed by atoms with van der Waals surface area (Å²) in [6.45, 7) is 6.38. The van der Waals surface area contributed by atoms with E-state index < -0.39 is 18.1 Å². The van der Waals surface area contributed by atoms with E-state index in [0.29, 0.717) is 18.2 Å². The van der Waals surface area contributed by atoms with Gasteiger partial charge in [-0.25, -0.2) is 9.59 Å². The van der Waals surface area contributed by atoms with E-state index >= 15 is 0 Å². The van der Waals surface area contributed by atoms with Crippen molar-refractivity contribution in [3.05, 3.63) is 59.1 Å². The Balaban J connectivity index is 0.000000587. The molecule has 0 amide bonds. The van der Waals surface area contributed by atoms with Gasteiger partial charge < -0.3 is 29.9 Å². The van der Waals surface area contributed by atoms with Gasteiger partial charge in [0.15, 0.2) is 5.96 Å². The first-order valence-electron chi connectivity index (χ1n) is 12.9. The molecule has 10 nitrogen and oxygen atoms in total. The number of piperazine rings is 1. The van der Waals surface area contributed by atoms with Crippen LogP contribution in [0.15, 0.2) is 53.5 Å². The van der Waals surface area contributed by atoms with Crippen LogP contribution < -0.4 is 10.1 Å². The number of carboxylic acid groups (broad SMARTS) is 2. The minimum atomic E-state index is -5.08. The second-order valence-electron chi connectivity index (χ2n) is 9.24. The van der Waals surface area contributed by atoms with E-state index in [2.05, 4.69) is 15.1 Å². The fourth-order valence-corrected chi connectivity index (χ4v) is 4.15. The van der Waals surface area contributed by atoms with Crippen LogP contribution in [0.25, 0.3) is 0 Å². The molecule has 0 radical (unpaired) electrons. The van der Waals surface area contributed by atoms with Crippen molar-refractivity contribution in [2.75, 3.05) is 57.8 Å². The van der Waals surface area contributed by atoms with Crippen molar-refractivity contribution in [3.63, 3.8) is 0 Å². The Morgan fingerprint density at radius 2 is 1.68 bits per heavy atom. The zero-order valence-electron chi connectivity index (χ0n) is 22.1. The van der Waals surface area contributed by atoms with Crippen molar-refractivity contribution in [2.24, 2.45) is 4.99 Å². The highest BCUT2D eigenvalue weighted by molar-refractivity contribution is 6.30. The molecule has 2 aliphatic heterocycles. The molecule has 1 atom stereocenters. The number of rotatable bonds is 8. The lowest BCUT2D eigenvalue weighted by molar-refractivity contribution is -0.192. The quantitative estimate of drug-likeness (QED) is 0.300. The van der Waals surface area contributed by atoms with Gasteiger partial charge in [0, 0.05) is 50.0 Å². The van der Waals surface area contributed by atoms with Crippen molar-refractivity contribution in [1.29, 1.82) is 0 Å². The number of alkyl halides is 3. The lowest BCUT2D eigenvalue weighted by Crippen LogP contribution is -2.51. The number of guanidine groups is 1. The van der Waals surface area contributed by atoms with Crippen LogP contribution in [0.1, 0.15) is 23.2 Å². The smallest absolute Gasteiger partial charge is 0.490 e. The van der Waals surface area contributed by atoms with Crippen LogP contribution in [-0.4, -0.2) is 103 Å². The molecule has 0 spiro atoms. The summed E-state index contributed by atoms with van der Waals surface area (Å²) in [5, 5.41) is 20.4. The van der Waals surface area contributed by atoms with Crippen LogP contribution in [0.5, 0.6) is 5.75 Å². The lowest BCUT2D eigenvalue weighted by Gasteiger charge is -2.36. The molecule has 3 N–H and O–H groups in total. The van der Waals surface area contributed by atoms with Crippen LogP contribution in [-0.2, 0) is 9.53 Å². The predicted molar refractivity (Wildman–Crippen MR) is 147 cm³/mol. The van der Waals surface area contributed by atoms with E-state index in [9.17, 15) is 18.0 Å². The summed E-state index contributed by atoms with van der Waals surface area (Å²) in [5.41, 5.74) is 1.08. The zero-order valence-corrected chi connectivity index (χ0v) is 22.9. The molecule has 2 aliphatic rings. The van der Waals surface area contributed by atoms with Gasteiger partial charge in [-0.05, 0) is 61.4 Å². The molecule has 2 aromatic rings. The fraction of sp³-hybridized carbons (Fsp3) is 0.444. The molecule has 2 saturated heterocycles. The Labute approximate surface area is 240 Å². The first kappa shape index (κ1) is 32.0. The fourth-order valence-electron chi connectivity index (χ4n) is 4.03. The highest BCUT2D eigenvalue weighted by Crippen LogP contribution is 2.17. The number of anilines is 1. The van der Waals surface area contributed by atoms with Crippen LogP contribution >= 0.6 is 11.6 Å². The summed E-state index contributed by atoms with van der Waals surface area (Å²) in [6.07, 6.45) is -2.81. The Morgan fingerprint density at radius 1 is 1.05 bits per heavy atom. The number of nitrogens with zero attached hydrogens (tertiary/aromatic N) is 3. The molecule has 14 heteroatoms. The van der Waals surface area contributed by atoms with E-state index in [-0.39, 0.29) is 11.7 Å². The van der Waals surface area contributed by atoms with Crippen molar-refractivity contribution in [2.45, 2.75) is 25.1 Å². The first-order valence-corrected chi connectivity index (χ1v) is 13.3. The summed E-state index contributed by atoms with van der Waals surface area (Å²) in [5.74, 6) is -2.07. The number of ether oxygens (including phenoxy) is 2. The summed E-state index contributed by atoms with van der Waals surface area (Å²) in [7, 11) is 0. The van der Waals surface area contributed by atoms with Crippen LogP contribution in [0.4, 0.5) is 18.9 Å². The zero-order chi connectivity index (χ0) is 29.8. The second-order valence-corrected chi connectivity index (χ2v) is 9.68. The summed E-state index contributed by atoms with van der Waals surface area (Å²) in [4.78, 5) is 29.5. The molecule has 1 unspecified atom stereocenters. The maximum atomic E-state index is 11.1. The lowest BCUT2D eigenvalue weighted by atomic mass is 10.2. The summed E-state index contributed by atoms with van der Waals surface area (Å²) >= 11 is 5.92. The number of nitrogens with one attached hydrogen (secondary N) is 1. The maximum absolute atomic E-state index is 11.1. The Morgan fingerprint density at radius 3 is 2.22 bits per heavy atom. The highest BCUT2D eigenvalue weighted by Gasteiger charge is 2.38. The third kappa shape index (κ3) is 11.1. The molecular weight excluding hydrogens is 569 g/mol. The van der Waals surface area contributed by atoms with E-state index in [4.69, 9.17) is 41.1 Å². The number of hydrogen-bond donors (Lipinski definition) is 3. The van der Waals surface area contributed by atoms with E-state index in [0.717, 1.165) is 69.6 Å². The molecule has 0 saturated carbocycles. The van der Waals surface area contributed by atoms with Crippen molar-refractivity contribution < 1.29 is 42.4 Å². The van der Waals surface area contributed by atoms with Crippen molar-refractivity contribution in [1.82, 2.24) is 9.80 Å². The van der Waals surface area contributed by atoms with Gasteiger partial charge in [-0.2, -0.15) is 13.2 Å².